The van der Waals surface area contributed by atoms with Crippen molar-refractivity contribution in [2.45, 2.75) is 42.2 Å². The second-order valence-corrected chi connectivity index (χ2v) is 8.92. The molecule has 1 aliphatic carbocycles. The maximum atomic E-state index is 4.51. The van der Waals surface area contributed by atoms with Crippen LogP contribution in [0.4, 0.5) is 0 Å². The van der Waals surface area contributed by atoms with Crippen LogP contribution in [0, 0.1) is 6.92 Å². The molecule has 6 heteroatoms. The molecule has 1 aromatic heterocycles. The molecule has 1 heterocycles. The average Bonchev–Trinajstić information content (AvgIpc) is 3.26. The Bertz CT molecular complexity index is 692. The van der Waals surface area contributed by atoms with Crippen molar-refractivity contribution in [3.05, 3.63) is 46.4 Å². The van der Waals surface area contributed by atoms with Crippen molar-refractivity contribution in [3.8, 4) is 0 Å². The molecule has 1 aromatic carbocycles. The van der Waals surface area contributed by atoms with Gasteiger partial charge in [-0.25, -0.2) is 4.98 Å². The van der Waals surface area contributed by atoms with Crippen molar-refractivity contribution >= 4 is 29.1 Å². The highest BCUT2D eigenvalue weighted by atomic mass is 32.2. The lowest BCUT2D eigenvalue weighted by Crippen LogP contribution is -2.41. The molecule has 0 saturated heterocycles. The summed E-state index contributed by atoms with van der Waals surface area (Å²) in [6.45, 7) is 3.92. The Balaban J connectivity index is 1.37. The summed E-state index contributed by atoms with van der Waals surface area (Å²) in [6.07, 6.45) is 4.62. The molecule has 0 spiro atoms. The van der Waals surface area contributed by atoms with E-state index in [-0.39, 0.29) is 0 Å². The number of rotatable bonds is 8. The van der Waals surface area contributed by atoms with Crippen LogP contribution in [0.1, 0.15) is 30.0 Å². The van der Waals surface area contributed by atoms with E-state index in [1.807, 2.05) is 25.7 Å². The number of guanidine groups is 1. The first-order valence-electron chi connectivity index (χ1n) is 8.79. The van der Waals surface area contributed by atoms with Crippen LogP contribution >= 0.6 is 23.1 Å². The molecule has 134 valence electrons. The van der Waals surface area contributed by atoms with Crippen molar-refractivity contribution in [2.24, 2.45) is 4.99 Å². The standard InChI is InChI=1S/C19H26N4S2/c1-15-13-24-17(23-15)9-6-12-21-18(20-2)22-14-19(10-11-19)25-16-7-4-3-5-8-16/h3-5,7-8,13H,6,9-12,14H2,1-2H3,(H2,20,21,22). The van der Waals surface area contributed by atoms with Gasteiger partial charge in [-0.15, -0.1) is 23.1 Å². The Morgan fingerprint density at radius 1 is 1.28 bits per heavy atom. The van der Waals surface area contributed by atoms with Crippen LogP contribution < -0.4 is 10.6 Å². The monoisotopic (exact) mass is 374 g/mol. The van der Waals surface area contributed by atoms with Crippen molar-refractivity contribution in [1.29, 1.82) is 0 Å². The summed E-state index contributed by atoms with van der Waals surface area (Å²) in [7, 11) is 1.84. The number of hydrogen-bond acceptors (Lipinski definition) is 4. The fourth-order valence-electron chi connectivity index (χ4n) is 2.62. The van der Waals surface area contributed by atoms with Crippen molar-refractivity contribution in [3.63, 3.8) is 0 Å². The first-order chi connectivity index (χ1) is 12.2. The van der Waals surface area contributed by atoms with E-state index in [1.54, 1.807) is 11.3 Å². The SMILES string of the molecule is CN=C(NCCCc1nc(C)cs1)NCC1(Sc2ccccc2)CC1. The zero-order valence-electron chi connectivity index (χ0n) is 14.9. The summed E-state index contributed by atoms with van der Waals surface area (Å²) in [5.41, 5.74) is 1.12. The molecule has 1 aliphatic rings. The van der Waals surface area contributed by atoms with Crippen molar-refractivity contribution in [2.75, 3.05) is 20.1 Å². The van der Waals surface area contributed by atoms with Gasteiger partial charge < -0.3 is 10.6 Å². The van der Waals surface area contributed by atoms with Crippen LogP contribution in [-0.4, -0.2) is 35.8 Å². The Hall–Kier alpha value is -1.53. The normalized spacial score (nSPS) is 15.8. The lowest BCUT2D eigenvalue weighted by atomic mass is 10.3. The van der Waals surface area contributed by atoms with Gasteiger partial charge in [0, 0.05) is 47.3 Å². The van der Waals surface area contributed by atoms with Gasteiger partial charge in [0.1, 0.15) is 0 Å². The van der Waals surface area contributed by atoms with Crippen molar-refractivity contribution in [1.82, 2.24) is 15.6 Å². The molecule has 0 radical (unpaired) electrons. The van der Waals surface area contributed by atoms with Crippen LogP contribution in [-0.2, 0) is 6.42 Å². The van der Waals surface area contributed by atoms with E-state index in [9.17, 15) is 0 Å². The zero-order chi connectivity index (χ0) is 17.5. The number of nitrogens with one attached hydrogen (secondary N) is 2. The second-order valence-electron chi connectivity index (χ2n) is 6.44. The molecule has 4 nitrogen and oxygen atoms in total. The molecule has 2 aromatic rings. The lowest BCUT2D eigenvalue weighted by molar-refractivity contribution is 0.726. The first-order valence-corrected chi connectivity index (χ1v) is 10.5. The highest BCUT2D eigenvalue weighted by Crippen LogP contribution is 2.51. The van der Waals surface area contributed by atoms with Crippen LogP contribution in [0.3, 0.4) is 0 Å². The van der Waals surface area contributed by atoms with E-state index in [1.165, 1.54) is 22.7 Å². The number of aryl methyl sites for hydroxylation is 2. The third-order valence-electron chi connectivity index (χ3n) is 4.21. The molecule has 1 saturated carbocycles. The molecule has 0 bridgehead atoms. The smallest absolute Gasteiger partial charge is 0.191 e. The Morgan fingerprint density at radius 3 is 2.72 bits per heavy atom. The quantitative estimate of drug-likeness (QED) is 0.418. The number of thiazole rings is 1. The third kappa shape index (κ3) is 5.75. The Kier molecular flexibility index (Phi) is 6.37. The Morgan fingerprint density at radius 2 is 2.08 bits per heavy atom. The highest BCUT2D eigenvalue weighted by molar-refractivity contribution is 8.01. The molecule has 0 unspecified atom stereocenters. The minimum Gasteiger partial charge on any atom is -0.356 e. The van der Waals surface area contributed by atoms with Gasteiger partial charge in [0.05, 0.1) is 5.01 Å². The van der Waals surface area contributed by atoms with Gasteiger partial charge in [-0.05, 0) is 38.3 Å². The maximum absolute atomic E-state index is 4.51. The number of benzene rings is 1. The first kappa shape index (κ1) is 18.3. The van der Waals surface area contributed by atoms with Gasteiger partial charge in [0.25, 0.3) is 0 Å². The lowest BCUT2D eigenvalue weighted by Gasteiger charge is -2.18. The van der Waals surface area contributed by atoms with Gasteiger partial charge in [-0.2, -0.15) is 0 Å². The van der Waals surface area contributed by atoms with E-state index < -0.39 is 0 Å². The largest absolute Gasteiger partial charge is 0.356 e. The van der Waals surface area contributed by atoms with E-state index >= 15 is 0 Å². The summed E-state index contributed by atoms with van der Waals surface area (Å²) >= 11 is 3.73. The van der Waals surface area contributed by atoms with E-state index in [0.29, 0.717) is 4.75 Å². The molecule has 2 N–H and O–H groups in total. The number of nitrogens with zero attached hydrogens (tertiary/aromatic N) is 2. The summed E-state index contributed by atoms with van der Waals surface area (Å²) in [5.74, 6) is 0.898. The molecular weight excluding hydrogens is 348 g/mol. The number of hydrogen-bond donors (Lipinski definition) is 2. The fraction of sp³-hybridized carbons (Fsp3) is 0.474. The third-order valence-corrected chi connectivity index (χ3v) is 6.73. The van der Waals surface area contributed by atoms with Gasteiger partial charge in [-0.3, -0.25) is 4.99 Å². The molecule has 25 heavy (non-hydrogen) atoms. The summed E-state index contributed by atoms with van der Waals surface area (Å²) in [5, 5.41) is 10.3. The molecule has 3 rings (SSSR count). The van der Waals surface area contributed by atoms with Crippen LogP contribution in [0.5, 0.6) is 0 Å². The van der Waals surface area contributed by atoms with Gasteiger partial charge in [0.15, 0.2) is 5.96 Å². The summed E-state index contributed by atoms with van der Waals surface area (Å²) in [4.78, 5) is 10.2. The minimum absolute atomic E-state index is 0.331. The highest BCUT2D eigenvalue weighted by Gasteiger charge is 2.43. The van der Waals surface area contributed by atoms with Gasteiger partial charge >= 0.3 is 0 Å². The van der Waals surface area contributed by atoms with E-state index in [4.69, 9.17) is 0 Å². The number of thioether (sulfide) groups is 1. The van der Waals surface area contributed by atoms with E-state index in [2.05, 4.69) is 56.3 Å². The molecule has 0 aliphatic heterocycles. The van der Waals surface area contributed by atoms with Crippen LogP contribution in [0.25, 0.3) is 0 Å². The topological polar surface area (TPSA) is 49.3 Å². The maximum Gasteiger partial charge on any atom is 0.191 e. The fourth-order valence-corrected chi connectivity index (χ4v) is 4.68. The van der Waals surface area contributed by atoms with Crippen LogP contribution in [0.15, 0.2) is 45.6 Å². The van der Waals surface area contributed by atoms with Crippen molar-refractivity contribution < 1.29 is 0 Å². The average molecular weight is 375 g/mol. The zero-order valence-corrected chi connectivity index (χ0v) is 16.6. The predicted molar refractivity (Wildman–Crippen MR) is 109 cm³/mol. The number of aliphatic imine (C=N–C) groups is 1. The molecule has 1 fully saturated rings. The van der Waals surface area contributed by atoms with Crippen LogP contribution in [0.2, 0.25) is 0 Å². The second kappa shape index (κ2) is 8.72. The Labute approximate surface area is 158 Å². The molecule has 0 atom stereocenters. The molecular formula is C19H26N4S2. The molecule has 0 amide bonds. The summed E-state index contributed by atoms with van der Waals surface area (Å²) < 4.78 is 0.331. The van der Waals surface area contributed by atoms with Gasteiger partial charge in [-0.1, -0.05) is 18.2 Å². The number of aromatic nitrogens is 1. The predicted octanol–water partition coefficient (Wildman–Crippen LogP) is 3.87. The minimum atomic E-state index is 0.331. The van der Waals surface area contributed by atoms with E-state index in [0.717, 1.165) is 37.6 Å². The van der Waals surface area contributed by atoms with Gasteiger partial charge in [0.2, 0.25) is 0 Å². The summed E-state index contributed by atoms with van der Waals surface area (Å²) in [6, 6.07) is 10.7.